The fraction of sp³-hybridized carbons (Fsp3) is 0.833. The molecule has 0 aromatic rings. The van der Waals surface area contributed by atoms with E-state index < -0.39 is 0 Å². The molecule has 0 bridgehead atoms. The number of hydrogen-bond acceptors (Lipinski definition) is 2. The van der Waals surface area contributed by atoms with Gasteiger partial charge in [0.25, 0.3) is 0 Å². The maximum atomic E-state index is 12.9. The van der Waals surface area contributed by atoms with Gasteiger partial charge in [0.15, 0.2) is 0 Å². The average molecular weight is 292 g/mol. The lowest BCUT2D eigenvalue weighted by Crippen LogP contribution is -2.50. The second-order valence-corrected chi connectivity index (χ2v) is 8.25. The Balaban J connectivity index is 2.02. The van der Waals surface area contributed by atoms with Crippen LogP contribution in [0.25, 0.3) is 0 Å². The van der Waals surface area contributed by atoms with Crippen molar-refractivity contribution in [2.24, 2.45) is 16.7 Å². The predicted molar refractivity (Wildman–Crippen MR) is 88.1 cm³/mol. The Bertz CT molecular complexity index is 411. The summed E-state index contributed by atoms with van der Waals surface area (Å²) < 4.78 is 0. The predicted octanol–water partition coefficient (Wildman–Crippen LogP) is 3.22. The highest BCUT2D eigenvalue weighted by atomic mass is 16.2. The number of nitrogens with one attached hydrogen (secondary N) is 1. The molecule has 2 heterocycles. The lowest BCUT2D eigenvalue weighted by Gasteiger charge is -2.41. The first-order chi connectivity index (χ1) is 9.73. The van der Waals surface area contributed by atoms with Crippen molar-refractivity contribution < 1.29 is 4.79 Å². The molecule has 3 heteroatoms. The van der Waals surface area contributed by atoms with Crippen molar-refractivity contribution >= 4 is 5.91 Å². The Kier molecular flexibility index (Phi) is 4.82. The highest BCUT2D eigenvalue weighted by molar-refractivity contribution is 5.82. The van der Waals surface area contributed by atoms with Crippen LogP contribution in [0.1, 0.15) is 53.9 Å². The number of nitrogens with zero attached hydrogens (tertiary/aromatic N) is 1. The van der Waals surface area contributed by atoms with Crippen molar-refractivity contribution in [3.8, 4) is 0 Å². The highest BCUT2D eigenvalue weighted by Crippen LogP contribution is 2.36. The van der Waals surface area contributed by atoms with Crippen molar-refractivity contribution in [1.29, 1.82) is 0 Å². The lowest BCUT2D eigenvalue weighted by atomic mass is 9.73. The maximum absolute atomic E-state index is 12.9. The molecule has 2 aliphatic heterocycles. The molecular formula is C18H32N2O. The van der Waals surface area contributed by atoms with Crippen LogP contribution >= 0.6 is 0 Å². The molecule has 0 aromatic carbocycles. The van der Waals surface area contributed by atoms with Crippen molar-refractivity contribution in [3.63, 3.8) is 0 Å². The van der Waals surface area contributed by atoms with Crippen LogP contribution in [-0.4, -0.2) is 37.0 Å². The fourth-order valence-corrected chi connectivity index (χ4v) is 3.58. The van der Waals surface area contributed by atoms with Gasteiger partial charge in [-0.3, -0.25) is 4.79 Å². The monoisotopic (exact) mass is 292 g/mol. The van der Waals surface area contributed by atoms with E-state index in [0.717, 1.165) is 32.6 Å². The van der Waals surface area contributed by atoms with Gasteiger partial charge in [0.1, 0.15) is 0 Å². The summed E-state index contributed by atoms with van der Waals surface area (Å²) >= 11 is 0. The molecule has 1 fully saturated rings. The minimum Gasteiger partial charge on any atom is -0.338 e. The molecule has 21 heavy (non-hydrogen) atoms. The third-order valence-electron chi connectivity index (χ3n) is 5.33. The van der Waals surface area contributed by atoms with E-state index in [-0.39, 0.29) is 10.8 Å². The van der Waals surface area contributed by atoms with Gasteiger partial charge in [0.2, 0.25) is 5.91 Å². The Morgan fingerprint density at radius 3 is 2.48 bits per heavy atom. The molecule has 0 aromatic heterocycles. The Hall–Kier alpha value is -0.830. The molecule has 3 nitrogen and oxygen atoms in total. The molecule has 0 spiro atoms. The Morgan fingerprint density at radius 1 is 1.29 bits per heavy atom. The molecule has 0 saturated carbocycles. The van der Waals surface area contributed by atoms with Crippen molar-refractivity contribution in [2.45, 2.75) is 53.9 Å². The lowest BCUT2D eigenvalue weighted by molar-refractivity contribution is -0.143. The summed E-state index contributed by atoms with van der Waals surface area (Å²) in [6, 6.07) is 0. The third kappa shape index (κ3) is 3.68. The van der Waals surface area contributed by atoms with E-state index in [4.69, 9.17) is 0 Å². The zero-order chi connectivity index (χ0) is 15.7. The van der Waals surface area contributed by atoms with E-state index in [1.165, 1.54) is 18.4 Å². The number of amides is 1. The zero-order valence-electron chi connectivity index (χ0n) is 14.5. The normalized spacial score (nSPS) is 24.7. The second-order valence-electron chi connectivity index (χ2n) is 8.25. The molecule has 2 aliphatic rings. The highest BCUT2D eigenvalue weighted by Gasteiger charge is 2.40. The first-order valence-electron chi connectivity index (χ1n) is 8.42. The van der Waals surface area contributed by atoms with Crippen LogP contribution < -0.4 is 5.32 Å². The van der Waals surface area contributed by atoms with E-state index in [2.05, 4.69) is 50.9 Å². The first kappa shape index (κ1) is 16.5. The molecule has 1 unspecified atom stereocenters. The van der Waals surface area contributed by atoms with E-state index >= 15 is 0 Å². The summed E-state index contributed by atoms with van der Waals surface area (Å²) in [6.45, 7) is 14.8. The molecule has 120 valence electrons. The number of carbonyl (C=O) groups is 1. The SMILES string of the molecule is CC(C)(C)C1=CCN(C(=O)C(C)(C)C2CCCNC2)CC1. The summed E-state index contributed by atoms with van der Waals surface area (Å²) in [4.78, 5) is 15.0. The van der Waals surface area contributed by atoms with Gasteiger partial charge >= 0.3 is 0 Å². The molecule has 1 saturated heterocycles. The van der Waals surface area contributed by atoms with E-state index in [9.17, 15) is 4.79 Å². The van der Waals surface area contributed by atoms with Crippen LogP contribution in [0.4, 0.5) is 0 Å². The van der Waals surface area contributed by atoms with Crippen LogP contribution in [0.2, 0.25) is 0 Å². The van der Waals surface area contributed by atoms with Crippen molar-refractivity contribution in [3.05, 3.63) is 11.6 Å². The Morgan fingerprint density at radius 2 is 2.00 bits per heavy atom. The third-order valence-corrected chi connectivity index (χ3v) is 5.33. The molecule has 2 rings (SSSR count). The van der Waals surface area contributed by atoms with Gasteiger partial charge in [-0.1, -0.05) is 46.3 Å². The molecule has 1 amide bonds. The van der Waals surface area contributed by atoms with Crippen molar-refractivity contribution in [1.82, 2.24) is 10.2 Å². The molecular weight excluding hydrogens is 260 g/mol. The number of rotatable bonds is 2. The molecule has 1 N–H and O–H groups in total. The molecule has 0 aliphatic carbocycles. The average Bonchev–Trinajstić information content (AvgIpc) is 2.46. The molecule has 0 radical (unpaired) electrons. The van der Waals surface area contributed by atoms with Gasteiger partial charge in [-0.25, -0.2) is 0 Å². The smallest absolute Gasteiger partial charge is 0.228 e. The van der Waals surface area contributed by atoms with Crippen LogP contribution in [0, 0.1) is 16.7 Å². The van der Waals surface area contributed by atoms with Gasteiger partial charge < -0.3 is 10.2 Å². The summed E-state index contributed by atoms with van der Waals surface area (Å²) in [5.41, 5.74) is 1.47. The van der Waals surface area contributed by atoms with Crippen LogP contribution in [-0.2, 0) is 4.79 Å². The van der Waals surface area contributed by atoms with E-state index in [1.807, 2.05) is 0 Å². The van der Waals surface area contributed by atoms with Gasteiger partial charge in [-0.15, -0.1) is 0 Å². The number of carbonyl (C=O) groups excluding carboxylic acids is 1. The number of piperidine rings is 1. The maximum Gasteiger partial charge on any atom is 0.228 e. The minimum atomic E-state index is -0.250. The first-order valence-corrected chi connectivity index (χ1v) is 8.42. The summed E-state index contributed by atoms with van der Waals surface area (Å²) in [7, 11) is 0. The van der Waals surface area contributed by atoms with Gasteiger partial charge in [-0.05, 0) is 43.7 Å². The van der Waals surface area contributed by atoms with Gasteiger partial charge in [0, 0.05) is 18.5 Å². The van der Waals surface area contributed by atoms with Crippen LogP contribution in [0.15, 0.2) is 11.6 Å². The largest absolute Gasteiger partial charge is 0.338 e. The van der Waals surface area contributed by atoms with Crippen LogP contribution in [0.5, 0.6) is 0 Å². The second kappa shape index (κ2) is 6.12. The summed E-state index contributed by atoms with van der Waals surface area (Å²) in [5, 5.41) is 3.44. The van der Waals surface area contributed by atoms with Crippen molar-refractivity contribution in [2.75, 3.05) is 26.2 Å². The van der Waals surface area contributed by atoms with E-state index in [0.29, 0.717) is 11.8 Å². The topological polar surface area (TPSA) is 32.3 Å². The van der Waals surface area contributed by atoms with Gasteiger partial charge in [-0.2, -0.15) is 0 Å². The van der Waals surface area contributed by atoms with Crippen LogP contribution in [0.3, 0.4) is 0 Å². The van der Waals surface area contributed by atoms with Gasteiger partial charge in [0.05, 0.1) is 0 Å². The van der Waals surface area contributed by atoms with E-state index in [1.54, 1.807) is 0 Å². The molecule has 1 atom stereocenters. The minimum absolute atomic E-state index is 0.234. The summed E-state index contributed by atoms with van der Waals surface area (Å²) in [6.07, 6.45) is 5.66. The summed E-state index contributed by atoms with van der Waals surface area (Å²) in [5.74, 6) is 0.798. The standard InChI is InChI=1S/C18H32N2O/c1-17(2,3)14-8-11-20(12-9-14)16(21)18(4,5)15-7-6-10-19-13-15/h8,15,19H,6-7,9-13H2,1-5H3. The quantitative estimate of drug-likeness (QED) is 0.793. The fourth-order valence-electron chi connectivity index (χ4n) is 3.58. The zero-order valence-corrected chi connectivity index (χ0v) is 14.5. The number of hydrogen-bond donors (Lipinski definition) is 1. The Labute approximate surface area is 130 Å².